The molecule has 2 rings (SSSR count). The molecule has 0 radical (unpaired) electrons. The van der Waals surface area contributed by atoms with E-state index >= 15 is 0 Å². The fourth-order valence-corrected chi connectivity index (χ4v) is 5.43. The number of benzene rings is 2. The largest absolute Gasteiger partial charge is 0.355 e. The maximum Gasteiger partial charge on any atom is 0.242 e. The zero-order chi connectivity index (χ0) is 26.2. The van der Waals surface area contributed by atoms with Crippen LogP contribution in [0.15, 0.2) is 42.5 Å². The fourth-order valence-electron chi connectivity index (χ4n) is 3.89. The Morgan fingerprint density at radius 3 is 2.20 bits per heavy atom. The molecule has 192 valence electrons. The van der Waals surface area contributed by atoms with Crippen LogP contribution in [0.3, 0.4) is 0 Å². The van der Waals surface area contributed by atoms with E-state index in [1.54, 1.807) is 30.3 Å². The van der Waals surface area contributed by atoms with Gasteiger partial charge in [0.2, 0.25) is 21.8 Å². The number of carbonyl (C=O) groups excluding carboxylic acids is 2. The van der Waals surface area contributed by atoms with Crippen molar-refractivity contribution in [2.45, 2.75) is 52.6 Å². The highest BCUT2D eigenvalue weighted by atomic mass is 35.5. The molecular weight excluding hydrogens is 509 g/mol. The third-order valence-electron chi connectivity index (χ3n) is 5.66. The summed E-state index contributed by atoms with van der Waals surface area (Å²) < 4.78 is 26.3. The van der Waals surface area contributed by atoms with E-state index in [1.807, 2.05) is 32.9 Å². The molecule has 1 N–H and O–H groups in total. The minimum atomic E-state index is -3.55. The highest BCUT2D eigenvalue weighted by Crippen LogP contribution is 2.28. The minimum absolute atomic E-state index is 0.0515. The van der Waals surface area contributed by atoms with Crippen LogP contribution in [-0.2, 0) is 26.2 Å². The summed E-state index contributed by atoms with van der Waals surface area (Å²) in [7, 11) is -3.55. The summed E-state index contributed by atoms with van der Waals surface area (Å²) in [4.78, 5) is 27.6. The van der Waals surface area contributed by atoms with E-state index in [0.29, 0.717) is 34.3 Å². The number of hydrogen-bond donors (Lipinski definition) is 1. The lowest BCUT2D eigenvalue weighted by atomic mass is 10.1. The van der Waals surface area contributed by atoms with Crippen molar-refractivity contribution in [1.82, 2.24) is 10.2 Å². The number of aryl methyl sites for hydroxylation is 1. The Kier molecular flexibility index (Phi) is 10.9. The zero-order valence-electron chi connectivity index (χ0n) is 20.6. The first-order valence-corrected chi connectivity index (χ1v) is 14.1. The van der Waals surface area contributed by atoms with Crippen LogP contribution in [0.25, 0.3) is 0 Å². The van der Waals surface area contributed by atoms with Gasteiger partial charge in [-0.05, 0) is 50.5 Å². The summed E-state index contributed by atoms with van der Waals surface area (Å²) in [5, 5.41) is 3.60. The van der Waals surface area contributed by atoms with Crippen LogP contribution in [0.2, 0.25) is 10.0 Å². The van der Waals surface area contributed by atoms with E-state index in [9.17, 15) is 18.0 Å². The van der Waals surface area contributed by atoms with Crippen molar-refractivity contribution >= 4 is 50.7 Å². The lowest BCUT2D eigenvalue weighted by molar-refractivity contribution is -0.141. The number of halogens is 2. The summed E-state index contributed by atoms with van der Waals surface area (Å²) in [6, 6.07) is 11.6. The Hall–Kier alpha value is -2.29. The molecule has 0 saturated heterocycles. The molecule has 0 bridgehead atoms. The third kappa shape index (κ3) is 7.85. The van der Waals surface area contributed by atoms with Gasteiger partial charge in [-0.15, -0.1) is 0 Å². The van der Waals surface area contributed by atoms with Crippen LogP contribution < -0.4 is 9.62 Å². The third-order valence-corrected chi connectivity index (χ3v) is 7.55. The number of rotatable bonds is 12. The van der Waals surface area contributed by atoms with Gasteiger partial charge in [0.05, 0.1) is 11.9 Å². The summed E-state index contributed by atoms with van der Waals surface area (Å²) in [5.41, 5.74) is 1.96. The van der Waals surface area contributed by atoms with Gasteiger partial charge in [-0.1, -0.05) is 54.4 Å². The van der Waals surface area contributed by atoms with Gasteiger partial charge in [-0.3, -0.25) is 13.9 Å². The summed E-state index contributed by atoms with van der Waals surface area (Å²) in [6.45, 7) is 6.12. The number of sulfonamides is 1. The van der Waals surface area contributed by atoms with Gasteiger partial charge in [0, 0.05) is 41.7 Å². The molecule has 1 atom stereocenters. The fraction of sp³-hybridized carbons (Fsp3) is 0.440. The highest BCUT2D eigenvalue weighted by Gasteiger charge is 2.29. The molecule has 35 heavy (non-hydrogen) atoms. The molecule has 0 unspecified atom stereocenters. The van der Waals surface area contributed by atoms with E-state index in [1.165, 1.54) is 9.21 Å². The van der Waals surface area contributed by atoms with Gasteiger partial charge in [-0.25, -0.2) is 8.42 Å². The summed E-state index contributed by atoms with van der Waals surface area (Å²) in [5.74, 6) is -0.540. The standard InChI is InChI=1S/C25H33Cl2N3O4S/c1-5-22(25(32)28-6-2)29(17-19-20(26)12-9-13-21(19)27)24(31)15-10-16-30(35(4,33)34)23-14-8-7-11-18(23)3/h7-9,11-14,22H,5-6,10,15-17H2,1-4H3,(H,28,32)/t22-/m1/s1. The number of amides is 2. The van der Waals surface area contributed by atoms with Crippen molar-refractivity contribution < 1.29 is 18.0 Å². The smallest absolute Gasteiger partial charge is 0.242 e. The first kappa shape index (κ1) is 28.9. The molecule has 0 saturated carbocycles. The second kappa shape index (κ2) is 13.1. The van der Waals surface area contributed by atoms with Gasteiger partial charge in [0.25, 0.3) is 0 Å². The minimum Gasteiger partial charge on any atom is -0.355 e. The lowest BCUT2D eigenvalue weighted by Gasteiger charge is -2.31. The molecule has 10 heteroatoms. The topological polar surface area (TPSA) is 86.8 Å². The normalized spacial score (nSPS) is 12.2. The van der Waals surface area contributed by atoms with Crippen molar-refractivity contribution in [1.29, 1.82) is 0 Å². The Morgan fingerprint density at radius 1 is 1.03 bits per heavy atom. The predicted octanol–water partition coefficient (Wildman–Crippen LogP) is 4.79. The monoisotopic (exact) mass is 541 g/mol. The van der Waals surface area contributed by atoms with Crippen molar-refractivity contribution in [2.75, 3.05) is 23.7 Å². The van der Waals surface area contributed by atoms with Crippen molar-refractivity contribution in [3.8, 4) is 0 Å². The lowest BCUT2D eigenvalue weighted by Crippen LogP contribution is -2.49. The molecular formula is C25H33Cl2N3O4S. The number of nitrogens with one attached hydrogen (secondary N) is 1. The van der Waals surface area contributed by atoms with Crippen molar-refractivity contribution in [2.24, 2.45) is 0 Å². The Bertz CT molecular complexity index is 1120. The maximum atomic E-state index is 13.4. The Balaban J connectivity index is 2.27. The summed E-state index contributed by atoms with van der Waals surface area (Å²) >= 11 is 12.7. The van der Waals surface area contributed by atoms with Crippen LogP contribution in [0, 0.1) is 6.92 Å². The van der Waals surface area contributed by atoms with Gasteiger partial charge in [-0.2, -0.15) is 0 Å². The molecule has 0 aromatic heterocycles. The molecule has 0 aliphatic heterocycles. The number of likely N-dealkylation sites (N-methyl/N-ethyl adjacent to an activating group) is 1. The number of anilines is 1. The van der Waals surface area contributed by atoms with E-state index < -0.39 is 16.1 Å². The quantitative estimate of drug-likeness (QED) is 0.418. The second-order valence-electron chi connectivity index (χ2n) is 8.27. The Labute approximate surface area is 218 Å². The predicted molar refractivity (Wildman–Crippen MR) is 142 cm³/mol. The first-order valence-electron chi connectivity index (χ1n) is 11.5. The van der Waals surface area contributed by atoms with E-state index in [0.717, 1.165) is 11.8 Å². The maximum absolute atomic E-state index is 13.4. The molecule has 2 amide bonds. The molecule has 2 aromatic carbocycles. The number of carbonyl (C=O) groups is 2. The zero-order valence-corrected chi connectivity index (χ0v) is 22.9. The second-order valence-corrected chi connectivity index (χ2v) is 11.0. The molecule has 0 aliphatic rings. The van der Waals surface area contributed by atoms with Crippen LogP contribution in [0.1, 0.15) is 44.2 Å². The van der Waals surface area contributed by atoms with Crippen LogP contribution in [-0.4, -0.2) is 50.5 Å². The van der Waals surface area contributed by atoms with Gasteiger partial charge >= 0.3 is 0 Å². The van der Waals surface area contributed by atoms with E-state index in [-0.39, 0.29) is 37.7 Å². The van der Waals surface area contributed by atoms with Gasteiger partial charge in [0.15, 0.2) is 0 Å². The number of para-hydroxylation sites is 1. The summed E-state index contributed by atoms with van der Waals surface area (Å²) in [6.07, 6.45) is 1.88. The first-order chi connectivity index (χ1) is 16.5. The van der Waals surface area contributed by atoms with Crippen LogP contribution in [0.4, 0.5) is 5.69 Å². The molecule has 0 aliphatic carbocycles. The van der Waals surface area contributed by atoms with Crippen molar-refractivity contribution in [3.05, 3.63) is 63.6 Å². The SMILES string of the molecule is CCNC(=O)[C@@H](CC)N(Cc1c(Cl)cccc1Cl)C(=O)CCCN(c1ccccc1C)S(C)(=O)=O. The molecule has 0 heterocycles. The van der Waals surface area contributed by atoms with Crippen molar-refractivity contribution in [3.63, 3.8) is 0 Å². The number of nitrogens with zero attached hydrogens (tertiary/aromatic N) is 2. The van der Waals surface area contributed by atoms with Crippen LogP contribution >= 0.6 is 23.2 Å². The van der Waals surface area contributed by atoms with E-state index in [4.69, 9.17) is 23.2 Å². The van der Waals surface area contributed by atoms with Gasteiger partial charge in [0.1, 0.15) is 6.04 Å². The molecule has 0 spiro atoms. The van der Waals surface area contributed by atoms with Gasteiger partial charge < -0.3 is 10.2 Å². The average molecular weight is 543 g/mol. The van der Waals surface area contributed by atoms with E-state index in [2.05, 4.69) is 5.32 Å². The molecule has 0 fully saturated rings. The Morgan fingerprint density at radius 2 is 1.66 bits per heavy atom. The molecule has 2 aromatic rings. The molecule has 7 nitrogen and oxygen atoms in total. The van der Waals surface area contributed by atoms with Crippen LogP contribution in [0.5, 0.6) is 0 Å². The number of hydrogen-bond acceptors (Lipinski definition) is 4. The average Bonchev–Trinajstić information content (AvgIpc) is 2.78. The highest BCUT2D eigenvalue weighted by molar-refractivity contribution is 7.92.